The average molecular weight is 310 g/mol. The highest BCUT2D eigenvalue weighted by Crippen LogP contribution is 2.23. The van der Waals surface area contributed by atoms with E-state index in [4.69, 9.17) is 4.74 Å². The predicted octanol–water partition coefficient (Wildman–Crippen LogP) is 5.79. The minimum atomic E-state index is 0.0628. The summed E-state index contributed by atoms with van der Waals surface area (Å²) in [5, 5.41) is 2.32. The Balaban J connectivity index is 1.94. The molecule has 0 aliphatic rings. The number of ketones is 1. The van der Waals surface area contributed by atoms with Gasteiger partial charge in [-0.25, -0.2) is 0 Å². The second-order valence-corrected chi connectivity index (χ2v) is 5.98. The van der Waals surface area contributed by atoms with Crippen molar-refractivity contribution in [1.29, 1.82) is 0 Å². The van der Waals surface area contributed by atoms with Gasteiger partial charge < -0.3 is 4.74 Å². The lowest BCUT2D eigenvalue weighted by Gasteiger charge is -2.08. The predicted molar refractivity (Wildman–Crippen MR) is 97.9 cm³/mol. The first-order valence-electron chi connectivity index (χ1n) is 8.54. The smallest absolute Gasteiger partial charge is 0.152 e. The maximum Gasteiger partial charge on any atom is 0.152 e. The van der Waals surface area contributed by atoms with E-state index >= 15 is 0 Å². The number of unbranched alkanes of at least 4 members (excludes halogenated alkanes) is 4. The Morgan fingerprint density at radius 3 is 2.52 bits per heavy atom. The van der Waals surface area contributed by atoms with Crippen LogP contribution in [0.4, 0.5) is 0 Å². The fourth-order valence-corrected chi connectivity index (χ4v) is 2.54. The van der Waals surface area contributed by atoms with Crippen molar-refractivity contribution in [3.05, 3.63) is 48.0 Å². The summed E-state index contributed by atoms with van der Waals surface area (Å²) in [7, 11) is 0. The topological polar surface area (TPSA) is 26.3 Å². The Morgan fingerprint density at radius 1 is 1.00 bits per heavy atom. The molecule has 0 fully saturated rings. The van der Waals surface area contributed by atoms with Crippen LogP contribution in [0.25, 0.3) is 16.8 Å². The Morgan fingerprint density at radius 2 is 1.74 bits per heavy atom. The molecule has 0 aliphatic heterocycles. The van der Waals surface area contributed by atoms with Crippen LogP contribution in [0, 0.1) is 0 Å². The van der Waals surface area contributed by atoms with Crippen LogP contribution in [0.5, 0.6) is 5.75 Å². The lowest BCUT2D eigenvalue weighted by molar-refractivity contribution is -0.112. The van der Waals surface area contributed by atoms with E-state index in [9.17, 15) is 4.79 Å². The van der Waals surface area contributed by atoms with E-state index in [1.54, 1.807) is 13.0 Å². The highest BCUT2D eigenvalue weighted by molar-refractivity contribution is 5.93. The van der Waals surface area contributed by atoms with Gasteiger partial charge in [0, 0.05) is 0 Å². The summed E-state index contributed by atoms with van der Waals surface area (Å²) >= 11 is 0. The summed E-state index contributed by atoms with van der Waals surface area (Å²) in [5.74, 6) is 0.993. The summed E-state index contributed by atoms with van der Waals surface area (Å²) in [5.41, 5.74) is 1.04. The van der Waals surface area contributed by atoms with Crippen molar-refractivity contribution in [3.8, 4) is 5.75 Å². The lowest BCUT2D eigenvalue weighted by Crippen LogP contribution is -1.97. The highest BCUT2D eigenvalue weighted by atomic mass is 16.5. The van der Waals surface area contributed by atoms with Gasteiger partial charge in [-0.15, -0.1) is 0 Å². The summed E-state index contributed by atoms with van der Waals surface area (Å²) in [4.78, 5) is 11.0. The second-order valence-electron chi connectivity index (χ2n) is 5.98. The molecule has 2 rings (SSSR count). The quantitative estimate of drug-likeness (QED) is 0.433. The van der Waals surface area contributed by atoms with Gasteiger partial charge in [-0.2, -0.15) is 0 Å². The van der Waals surface area contributed by atoms with E-state index in [0.29, 0.717) is 0 Å². The van der Waals surface area contributed by atoms with Crippen LogP contribution < -0.4 is 4.74 Å². The maximum atomic E-state index is 11.0. The number of benzene rings is 2. The van der Waals surface area contributed by atoms with Crippen molar-refractivity contribution in [2.75, 3.05) is 6.61 Å². The van der Waals surface area contributed by atoms with Gasteiger partial charge in [-0.05, 0) is 54.0 Å². The highest BCUT2D eigenvalue weighted by Gasteiger charge is 1.99. The van der Waals surface area contributed by atoms with Crippen LogP contribution >= 0.6 is 0 Å². The monoisotopic (exact) mass is 310 g/mol. The summed E-state index contributed by atoms with van der Waals surface area (Å²) in [6.07, 6.45) is 9.69. The number of allylic oxidation sites excluding steroid dienone is 1. The van der Waals surface area contributed by atoms with Crippen molar-refractivity contribution in [2.45, 2.75) is 46.0 Å². The van der Waals surface area contributed by atoms with Crippen LogP contribution in [0.1, 0.15) is 51.5 Å². The Bertz CT molecular complexity index is 671. The number of hydrogen-bond acceptors (Lipinski definition) is 2. The molecule has 122 valence electrons. The molecule has 2 aromatic carbocycles. The number of carbonyl (C=O) groups excluding carboxylic acids is 1. The molecule has 2 aromatic rings. The van der Waals surface area contributed by atoms with Crippen molar-refractivity contribution in [1.82, 2.24) is 0 Å². The standard InChI is InChI=1S/C21H26O2/c1-3-4-5-6-7-14-23-21-13-12-19-15-18(9-8-17(2)22)10-11-20(19)16-21/h8-13,15-16H,3-7,14H2,1-2H3/b9-8+. The average Bonchev–Trinajstić information content (AvgIpc) is 2.56. The molecule has 0 radical (unpaired) electrons. The summed E-state index contributed by atoms with van der Waals surface area (Å²) < 4.78 is 5.84. The van der Waals surface area contributed by atoms with Gasteiger partial charge in [0.2, 0.25) is 0 Å². The van der Waals surface area contributed by atoms with E-state index in [0.717, 1.165) is 35.1 Å². The molecule has 2 heteroatoms. The molecule has 0 heterocycles. The summed E-state index contributed by atoms with van der Waals surface area (Å²) in [6, 6.07) is 12.4. The number of carbonyl (C=O) groups is 1. The molecule has 0 N–H and O–H groups in total. The molecule has 0 spiro atoms. The third-order valence-electron chi connectivity index (χ3n) is 3.86. The molecule has 0 unspecified atom stereocenters. The third-order valence-corrected chi connectivity index (χ3v) is 3.86. The largest absolute Gasteiger partial charge is 0.494 e. The van der Waals surface area contributed by atoms with Crippen LogP contribution in [0.3, 0.4) is 0 Å². The van der Waals surface area contributed by atoms with Crippen molar-refractivity contribution in [2.24, 2.45) is 0 Å². The fourth-order valence-electron chi connectivity index (χ4n) is 2.54. The molecular formula is C21H26O2. The Labute approximate surface area is 139 Å². The first-order chi connectivity index (χ1) is 11.2. The van der Waals surface area contributed by atoms with Crippen LogP contribution in [0.2, 0.25) is 0 Å². The maximum absolute atomic E-state index is 11.0. The molecular weight excluding hydrogens is 284 g/mol. The van der Waals surface area contributed by atoms with E-state index in [1.807, 2.05) is 18.2 Å². The lowest BCUT2D eigenvalue weighted by atomic mass is 10.1. The number of hydrogen-bond donors (Lipinski definition) is 0. The van der Waals surface area contributed by atoms with Gasteiger partial charge in [0.1, 0.15) is 5.75 Å². The van der Waals surface area contributed by atoms with E-state index in [2.05, 4.69) is 31.2 Å². The molecule has 0 amide bonds. The van der Waals surface area contributed by atoms with Crippen LogP contribution in [-0.2, 0) is 4.79 Å². The van der Waals surface area contributed by atoms with Crippen molar-refractivity contribution >= 4 is 22.6 Å². The zero-order valence-electron chi connectivity index (χ0n) is 14.2. The normalized spacial score (nSPS) is 11.2. The fraction of sp³-hybridized carbons (Fsp3) is 0.381. The molecule has 0 aromatic heterocycles. The van der Waals surface area contributed by atoms with Gasteiger partial charge in [0.15, 0.2) is 5.78 Å². The van der Waals surface area contributed by atoms with Gasteiger partial charge in [0.25, 0.3) is 0 Å². The third kappa shape index (κ3) is 5.90. The number of fused-ring (bicyclic) bond motifs is 1. The van der Waals surface area contributed by atoms with Gasteiger partial charge >= 0.3 is 0 Å². The molecule has 2 nitrogen and oxygen atoms in total. The van der Waals surface area contributed by atoms with Crippen molar-refractivity contribution < 1.29 is 9.53 Å². The molecule has 0 aliphatic carbocycles. The minimum absolute atomic E-state index is 0.0628. The van der Waals surface area contributed by atoms with Crippen LogP contribution in [0.15, 0.2) is 42.5 Å². The molecule has 0 atom stereocenters. The molecule has 0 saturated carbocycles. The number of ether oxygens (including phenoxy) is 1. The second kappa shape index (κ2) is 9.14. The minimum Gasteiger partial charge on any atom is -0.494 e. The number of rotatable bonds is 9. The van der Waals surface area contributed by atoms with E-state index < -0.39 is 0 Å². The zero-order valence-corrected chi connectivity index (χ0v) is 14.2. The van der Waals surface area contributed by atoms with Crippen molar-refractivity contribution in [3.63, 3.8) is 0 Å². The molecule has 23 heavy (non-hydrogen) atoms. The van der Waals surface area contributed by atoms with E-state index in [1.165, 1.54) is 25.7 Å². The first kappa shape index (κ1) is 17.3. The zero-order chi connectivity index (χ0) is 16.5. The van der Waals surface area contributed by atoms with Gasteiger partial charge in [0.05, 0.1) is 6.61 Å². The van der Waals surface area contributed by atoms with Crippen LogP contribution in [-0.4, -0.2) is 12.4 Å². The van der Waals surface area contributed by atoms with Gasteiger partial charge in [-0.3, -0.25) is 4.79 Å². The molecule has 0 bridgehead atoms. The summed E-state index contributed by atoms with van der Waals surface area (Å²) in [6.45, 7) is 4.57. The Hall–Kier alpha value is -2.09. The first-order valence-corrected chi connectivity index (χ1v) is 8.54. The van der Waals surface area contributed by atoms with Gasteiger partial charge in [-0.1, -0.05) is 56.9 Å². The molecule has 0 saturated heterocycles. The van der Waals surface area contributed by atoms with E-state index in [-0.39, 0.29) is 5.78 Å². The Kier molecular flexibility index (Phi) is 6.86. The SMILES string of the molecule is CCCCCCCOc1ccc2cc(/C=C/C(C)=O)ccc2c1.